The third-order valence-electron chi connectivity index (χ3n) is 3.02. The first kappa shape index (κ1) is 11.2. The minimum absolute atomic E-state index is 0.514. The van der Waals surface area contributed by atoms with E-state index in [1.807, 2.05) is 13.1 Å². The Morgan fingerprint density at radius 1 is 1.53 bits per heavy atom. The van der Waals surface area contributed by atoms with Gasteiger partial charge in [-0.15, -0.1) is 11.3 Å². The lowest BCUT2D eigenvalue weighted by Gasteiger charge is -2.24. The molecule has 0 saturated heterocycles. The van der Waals surface area contributed by atoms with E-state index < -0.39 is 0 Å². The number of rotatable bonds is 5. The van der Waals surface area contributed by atoms with Crippen LogP contribution in [0.1, 0.15) is 12.8 Å². The van der Waals surface area contributed by atoms with Crippen LogP contribution in [-0.4, -0.2) is 27.2 Å². The summed E-state index contributed by atoms with van der Waals surface area (Å²) in [6, 6.07) is 4.07. The average Bonchev–Trinajstić information content (AvgIpc) is 2.77. The van der Waals surface area contributed by atoms with E-state index in [1.165, 1.54) is 17.8 Å². The van der Waals surface area contributed by atoms with E-state index in [2.05, 4.69) is 23.3 Å². The van der Waals surface area contributed by atoms with Gasteiger partial charge in [-0.3, -0.25) is 0 Å². The summed E-state index contributed by atoms with van der Waals surface area (Å²) in [7, 11) is 4.18. The molecule has 0 bridgehead atoms. The molecule has 0 radical (unpaired) electrons. The van der Waals surface area contributed by atoms with E-state index in [0.717, 1.165) is 17.4 Å². The zero-order valence-electron chi connectivity index (χ0n) is 9.22. The van der Waals surface area contributed by atoms with Crippen LogP contribution >= 0.6 is 22.9 Å². The number of halogens is 1. The first-order chi connectivity index (χ1) is 7.15. The summed E-state index contributed by atoms with van der Waals surface area (Å²) in [6.45, 7) is 2.25. The molecular weight excluding hydrogens is 228 g/mol. The maximum Gasteiger partial charge on any atom is 0.0950 e. The Kier molecular flexibility index (Phi) is 3.24. The standard InChI is InChI=1S/C11H17ClN2S/c1-13-7-11(5-6-11)8-14(2)10-4-3-9(12)15-10/h3-4,13H,5-8H2,1-2H3. The SMILES string of the molecule is CNCC1(CN(C)c2ccc(Cl)s2)CC1. The summed E-state index contributed by atoms with van der Waals surface area (Å²) in [5, 5.41) is 4.55. The van der Waals surface area contributed by atoms with Crippen molar-refractivity contribution in [3.8, 4) is 0 Å². The number of hydrogen-bond donors (Lipinski definition) is 1. The Labute approximate surface area is 100 Å². The van der Waals surface area contributed by atoms with Crippen LogP contribution in [0.4, 0.5) is 5.00 Å². The van der Waals surface area contributed by atoms with Crippen LogP contribution in [0.2, 0.25) is 4.34 Å². The van der Waals surface area contributed by atoms with Gasteiger partial charge in [0, 0.05) is 25.6 Å². The molecule has 0 atom stereocenters. The number of hydrogen-bond acceptors (Lipinski definition) is 3. The van der Waals surface area contributed by atoms with Gasteiger partial charge >= 0.3 is 0 Å². The largest absolute Gasteiger partial charge is 0.366 e. The molecule has 0 amide bonds. The molecule has 2 nitrogen and oxygen atoms in total. The predicted molar refractivity (Wildman–Crippen MR) is 68.2 cm³/mol. The lowest BCUT2D eigenvalue weighted by molar-refractivity contribution is 0.483. The highest BCUT2D eigenvalue weighted by molar-refractivity contribution is 7.19. The zero-order chi connectivity index (χ0) is 10.9. The maximum atomic E-state index is 5.93. The van der Waals surface area contributed by atoms with Crippen molar-refractivity contribution >= 4 is 27.9 Å². The van der Waals surface area contributed by atoms with Gasteiger partial charge in [-0.2, -0.15) is 0 Å². The van der Waals surface area contributed by atoms with Gasteiger partial charge in [0.25, 0.3) is 0 Å². The Bertz CT molecular complexity index is 333. The second-order valence-corrected chi connectivity index (χ2v) is 6.16. The van der Waals surface area contributed by atoms with Crippen molar-refractivity contribution in [3.63, 3.8) is 0 Å². The zero-order valence-corrected chi connectivity index (χ0v) is 10.8. The molecule has 0 spiro atoms. The van der Waals surface area contributed by atoms with Crippen molar-refractivity contribution in [2.75, 3.05) is 32.1 Å². The smallest absolute Gasteiger partial charge is 0.0950 e. The second-order valence-electron chi connectivity index (χ2n) is 4.46. The van der Waals surface area contributed by atoms with E-state index in [4.69, 9.17) is 11.6 Å². The van der Waals surface area contributed by atoms with Crippen molar-refractivity contribution in [2.45, 2.75) is 12.8 Å². The molecule has 1 N–H and O–H groups in total. The fourth-order valence-electron chi connectivity index (χ4n) is 2.03. The summed E-state index contributed by atoms with van der Waals surface area (Å²) in [6.07, 6.45) is 2.69. The predicted octanol–water partition coefficient (Wildman–Crippen LogP) is 2.84. The number of thiophene rings is 1. The van der Waals surface area contributed by atoms with Crippen LogP contribution in [0.3, 0.4) is 0 Å². The molecule has 0 aromatic carbocycles. The number of nitrogens with one attached hydrogen (secondary N) is 1. The molecule has 1 aromatic rings. The van der Waals surface area contributed by atoms with Gasteiger partial charge in [0.1, 0.15) is 0 Å². The number of anilines is 1. The molecule has 0 unspecified atom stereocenters. The van der Waals surface area contributed by atoms with Crippen molar-refractivity contribution in [2.24, 2.45) is 5.41 Å². The lowest BCUT2D eigenvalue weighted by Crippen LogP contribution is -2.32. The topological polar surface area (TPSA) is 15.3 Å². The van der Waals surface area contributed by atoms with Crippen molar-refractivity contribution < 1.29 is 0 Å². The van der Waals surface area contributed by atoms with E-state index in [1.54, 1.807) is 11.3 Å². The first-order valence-corrected chi connectivity index (χ1v) is 6.46. The fourth-order valence-corrected chi connectivity index (χ4v) is 3.03. The molecule has 1 aromatic heterocycles. The molecule has 84 valence electrons. The molecule has 15 heavy (non-hydrogen) atoms. The maximum absolute atomic E-state index is 5.93. The van der Waals surface area contributed by atoms with Gasteiger partial charge in [0.2, 0.25) is 0 Å². The van der Waals surface area contributed by atoms with Crippen molar-refractivity contribution in [1.29, 1.82) is 0 Å². The minimum atomic E-state index is 0.514. The van der Waals surface area contributed by atoms with E-state index >= 15 is 0 Å². The van der Waals surface area contributed by atoms with E-state index in [0.29, 0.717) is 5.41 Å². The van der Waals surface area contributed by atoms with Gasteiger partial charge in [0.05, 0.1) is 9.34 Å². The van der Waals surface area contributed by atoms with Crippen LogP contribution in [0.5, 0.6) is 0 Å². The summed E-state index contributed by atoms with van der Waals surface area (Å²) >= 11 is 7.59. The van der Waals surface area contributed by atoms with Gasteiger partial charge < -0.3 is 10.2 Å². The molecule has 1 aliphatic carbocycles. The third-order valence-corrected chi connectivity index (χ3v) is 4.36. The Hall–Kier alpha value is -0.250. The molecule has 4 heteroatoms. The summed E-state index contributed by atoms with van der Waals surface area (Å²) in [4.78, 5) is 2.32. The van der Waals surface area contributed by atoms with Crippen molar-refractivity contribution in [3.05, 3.63) is 16.5 Å². The number of nitrogens with zero attached hydrogens (tertiary/aromatic N) is 1. The fraction of sp³-hybridized carbons (Fsp3) is 0.636. The van der Waals surface area contributed by atoms with Crippen molar-refractivity contribution in [1.82, 2.24) is 5.32 Å². The van der Waals surface area contributed by atoms with Gasteiger partial charge in [-0.05, 0) is 32.0 Å². The highest BCUT2D eigenvalue weighted by Gasteiger charge is 2.42. The van der Waals surface area contributed by atoms with Crippen LogP contribution in [0.25, 0.3) is 0 Å². The Balaban J connectivity index is 1.95. The van der Waals surface area contributed by atoms with Gasteiger partial charge in [-0.25, -0.2) is 0 Å². The Morgan fingerprint density at radius 3 is 2.73 bits per heavy atom. The molecular formula is C11H17ClN2S. The summed E-state index contributed by atoms with van der Waals surface area (Å²) in [5.74, 6) is 0. The molecule has 1 heterocycles. The lowest BCUT2D eigenvalue weighted by atomic mass is 10.1. The quantitative estimate of drug-likeness (QED) is 0.857. The molecule has 0 aliphatic heterocycles. The van der Waals surface area contributed by atoms with Gasteiger partial charge in [-0.1, -0.05) is 11.6 Å². The first-order valence-electron chi connectivity index (χ1n) is 5.26. The monoisotopic (exact) mass is 244 g/mol. The molecule has 1 fully saturated rings. The molecule has 2 rings (SSSR count). The normalized spacial score (nSPS) is 17.8. The van der Waals surface area contributed by atoms with E-state index in [9.17, 15) is 0 Å². The Morgan fingerprint density at radius 2 is 2.27 bits per heavy atom. The third kappa shape index (κ3) is 2.65. The van der Waals surface area contributed by atoms with Crippen LogP contribution in [0, 0.1) is 5.41 Å². The summed E-state index contributed by atoms with van der Waals surface area (Å²) < 4.78 is 0.871. The highest BCUT2D eigenvalue weighted by atomic mass is 35.5. The highest BCUT2D eigenvalue weighted by Crippen LogP contribution is 2.46. The van der Waals surface area contributed by atoms with Crippen LogP contribution < -0.4 is 10.2 Å². The summed E-state index contributed by atoms with van der Waals surface area (Å²) in [5.41, 5.74) is 0.514. The van der Waals surface area contributed by atoms with Gasteiger partial charge in [0.15, 0.2) is 0 Å². The minimum Gasteiger partial charge on any atom is -0.366 e. The molecule has 1 aliphatic rings. The van der Waals surface area contributed by atoms with Crippen LogP contribution in [-0.2, 0) is 0 Å². The second kappa shape index (κ2) is 4.32. The van der Waals surface area contributed by atoms with E-state index in [-0.39, 0.29) is 0 Å². The average molecular weight is 245 g/mol. The molecule has 1 saturated carbocycles. The van der Waals surface area contributed by atoms with Crippen LogP contribution in [0.15, 0.2) is 12.1 Å².